The second-order valence-electron chi connectivity index (χ2n) is 5.77. The number of nitrogens with zero attached hydrogens (tertiary/aromatic N) is 3. The number of thiophene rings is 1. The van der Waals surface area contributed by atoms with Gasteiger partial charge in [0.2, 0.25) is 5.91 Å². The number of carbonyl (C=O) groups is 1. The van der Waals surface area contributed by atoms with Crippen LogP contribution in [0, 0.1) is 5.92 Å². The predicted molar refractivity (Wildman–Crippen MR) is 96.3 cm³/mol. The normalized spacial score (nSPS) is 19.2. The average Bonchev–Trinajstić information content (AvgIpc) is 3.03. The van der Waals surface area contributed by atoms with Gasteiger partial charge in [-0.3, -0.25) is 4.79 Å². The van der Waals surface area contributed by atoms with Gasteiger partial charge in [0.25, 0.3) is 0 Å². The van der Waals surface area contributed by atoms with Crippen LogP contribution < -0.4 is 16.0 Å². The van der Waals surface area contributed by atoms with Crippen molar-refractivity contribution >= 4 is 45.7 Å². The molecule has 1 aliphatic heterocycles. The molecule has 1 saturated heterocycles. The topological polar surface area (TPSA) is 84.1 Å². The van der Waals surface area contributed by atoms with Crippen LogP contribution in [-0.2, 0) is 4.79 Å². The Bertz CT molecular complexity index is 664. The predicted octanol–water partition coefficient (Wildman–Crippen LogP) is 1.79. The van der Waals surface area contributed by atoms with Gasteiger partial charge in [0, 0.05) is 25.7 Å². The van der Waals surface area contributed by atoms with Gasteiger partial charge in [-0.15, -0.1) is 23.7 Å². The summed E-state index contributed by atoms with van der Waals surface area (Å²) in [6.07, 6.45) is 3.51. The van der Waals surface area contributed by atoms with Crippen molar-refractivity contribution < 1.29 is 4.79 Å². The summed E-state index contributed by atoms with van der Waals surface area (Å²) in [6.45, 7) is 4.02. The molecule has 0 bridgehead atoms. The van der Waals surface area contributed by atoms with E-state index in [1.165, 1.54) is 0 Å². The fourth-order valence-electron chi connectivity index (χ4n) is 2.83. The first-order chi connectivity index (χ1) is 10.7. The van der Waals surface area contributed by atoms with Gasteiger partial charge >= 0.3 is 0 Å². The number of anilines is 1. The van der Waals surface area contributed by atoms with E-state index in [1.807, 2.05) is 12.3 Å². The summed E-state index contributed by atoms with van der Waals surface area (Å²) in [5.74, 6) is 1.03. The summed E-state index contributed by atoms with van der Waals surface area (Å²) in [4.78, 5) is 24.3. The van der Waals surface area contributed by atoms with Gasteiger partial charge in [-0.2, -0.15) is 0 Å². The lowest BCUT2D eigenvalue weighted by Crippen LogP contribution is -2.47. The highest BCUT2D eigenvalue weighted by molar-refractivity contribution is 7.16. The Hall–Kier alpha value is -1.44. The zero-order valence-electron chi connectivity index (χ0n) is 13.1. The summed E-state index contributed by atoms with van der Waals surface area (Å²) in [5.41, 5.74) is 5.58. The third-order valence-corrected chi connectivity index (χ3v) is 4.90. The van der Waals surface area contributed by atoms with Gasteiger partial charge in [-0.1, -0.05) is 0 Å². The molecule has 3 heterocycles. The molecule has 23 heavy (non-hydrogen) atoms. The summed E-state index contributed by atoms with van der Waals surface area (Å²) < 4.78 is 0. The van der Waals surface area contributed by atoms with E-state index in [2.05, 4.69) is 26.3 Å². The van der Waals surface area contributed by atoms with Crippen LogP contribution in [0.3, 0.4) is 0 Å². The number of nitrogens with two attached hydrogens (primary N) is 1. The minimum atomic E-state index is -0.00796. The summed E-state index contributed by atoms with van der Waals surface area (Å²) >= 11 is 1.61. The highest BCUT2D eigenvalue weighted by Gasteiger charge is 2.28. The Labute approximate surface area is 145 Å². The highest BCUT2D eigenvalue weighted by atomic mass is 35.5. The second kappa shape index (κ2) is 7.90. The van der Waals surface area contributed by atoms with Crippen molar-refractivity contribution in [1.82, 2.24) is 15.3 Å². The smallest absolute Gasteiger partial charge is 0.225 e. The Balaban J connectivity index is 0.00000192. The number of nitrogens with one attached hydrogen (secondary N) is 1. The molecule has 126 valence electrons. The van der Waals surface area contributed by atoms with Gasteiger partial charge in [-0.25, -0.2) is 9.97 Å². The Kier molecular flexibility index (Phi) is 6.15. The summed E-state index contributed by atoms with van der Waals surface area (Å²) in [5, 5.41) is 6.08. The molecule has 1 aliphatic rings. The van der Waals surface area contributed by atoms with Crippen LogP contribution in [0.15, 0.2) is 17.8 Å². The number of hydrogen-bond acceptors (Lipinski definition) is 6. The van der Waals surface area contributed by atoms with Crippen molar-refractivity contribution in [2.45, 2.75) is 25.8 Å². The number of piperidine rings is 1. The van der Waals surface area contributed by atoms with Gasteiger partial charge in [0.05, 0.1) is 11.3 Å². The fraction of sp³-hybridized carbons (Fsp3) is 0.533. The Morgan fingerprint density at radius 2 is 2.39 bits per heavy atom. The van der Waals surface area contributed by atoms with Crippen molar-refractivity contribution in [3.05, 3.63) is 17.8 Å². The third-order valence-electron chi connectivity index (χ3n) is 4.07. The first-order valence-corrected chi connectivity index (χ1v) is 8.50. The van der Waals surface area contributed by atoms with Crippen LogP contribution in [-0.4, -0.2) is 41.6 Å². The van der Waals surface area contributed by atoms with E-state index in [9.17, 15) is 4.79 Å². The van der Waals surface area contributed by atoms with Crippen LogP contribution in [0.2, 0.25) is 0 Å². The lowest BCUT2D eigenvalue weighted by molar-refractivity contribution is -0.125. The van der Waals surface area contributed by atoms with Crippen molar-refractivity contribution in [2.75, 3.05) is 24.5 Å². The number of fused-ring (bicyclic) bond motifs is 1. The van der Waals surface area contributed by atoms with E-state index in [0.29, 0.717) is 13.1 Å². The summed E-state index contributed by atoms with van der Waals surface area (Å²) in [7, 11) is 0. The zero-order chi connectivity index (χ0) is 15.5. The Morgan fingerprint density at radius 3 is 3.17 bits per heavy atom. The fourth-order valence-corrected chi connectivity index (χ4v) is 3.56. The van der Waals surface area contributed by atoms with Crippen molar-refractivity contribution in [1.29, 1.82) is 0 Å². The molecule has 0 aliphatic carbocycles. The maximum Gasteiger partial charge on any atom is 0.225 e. The Morgan fingerprint density at radius 1 is 1.57 bits per heavy atom. The van der Waals surface area contributed by atoms with Crippen LogP contribution in [0.25, 0.3) is 10.2 Å². The molecular weight excluding hydrogens is 334 g/mol. The van der Waals surface area contributed by atoms with Crippen LogP contribution >= 0.6 is 23.7 Å². The third kappa shape index (κ3) is 3.91. The molecule has 3 rings (SSSR count). The van der Waals surface area contributed by atoms with Crippen molar-refractivity contribution in [2.24, 2.45) is 11.7 Å². The molecular formula is C15H22ClN5OS. The quantitative estimate of drug-likeness (QED) is 0.873. The molecule has 0 radical (unpaired) electrons. The molecule has 1 unspecified atom stereocenters. The van der Waals surface area contributed by atoms with E-state index in [0.717, 1.165) is 35.4 Å². The highest BCUT2D eigenvalue weighted by Crippen LogP contribution is 2.29. The van der Waals surface area contributed by atoms with E-state index < -0.39 is 0 Å². The number of halogens is 1. The van der Waals surface area contributed by atoms with Crippen LogP contribution in [0.1, 0.15) is 19.8 Å². The molecule has 8 heteroatoms. The van der Waals surface area contributed by atoms with E-state index in [4.69, 9.17) is 5.73 Å². The van der Waals surface area contributed by atoms with Crippen molar-refractivity contribution in [3.8, 4) is 0 Å². The minimum absolute atomic E-state index is 0. The molecule has 3 N–H and O–H groups in total. The molecule has 1 amide bonds. The molecule has 6 nitrogen and oxygen atoms in total. The molecule has 2 aromatic heterocycles. The number of rotatable bonds is 4. The maximum absolute atomic E-state index is 12.3. The number of amides is 1. The molecule has 0 saturated carbocycles. The molecule has 0 spiro atoms. The van der Waals surface area contributed by atoms with Crippen molar-refractivity contribution in [3.63, 3.8) is 0 Å². The lowest BCUT2D eigenvalue weighted by atomic mass is 9.96. The maximum atomic E-state index is 12.3. The minimum Gasteiger partial charge on any atom is -0.355 e. The van der Waals surface area contributed by atoms with Crippen LogP contribution in [0.4, 0.5) is 5.82 Å². The van der Waals surface area contributed by atoms with E-state index >= 15 is 0 Å². The first kappa shape index (κ1) is 17.9. The number of aromatic nitrogens is 2. The van der Waals surface area contributed by atoms with Gasteiger partial charge in [0.1, 0.15) is 17.0 Å². The summed E-state index contributed by atoms with van der Waals surface area (Å²) in [6, 6.07) is 2.07. The average molecular weight is 356 g/mol. The van der Waals surface area contributed by atoms with Crippen LogP contribution in [0.5, 0.6) is 0 Å². The van der Waals surface area contributed by atoms with Gasteiger partial charge < -0.3 is 16.0 Å². The van der Waals surface area contributed by atoms with Gasteiger partial charge in [0.15, 0.2) is 0 Å². The largest absolute Gasteiger partial charge is 0.355 e. The second-order valence-corrected chi connectivity index (χ2v) is 6.66. The van der Waals surface area contributed by atoms with E-state index in [1.54, 1.807) is 17.7 Å². The standard InChI is InChI=1S/C15H21N5OS.ClH/c1-10(7-16)19-14(21)11-3-2-5-20(8-11)13-12-4-6-22-15(12)18-9-17-13;/h4,6,9-11H,2-3,5,7-8,16H2,1H3,(H,19,21);1H/t10-,11?;/m0./s1. The molecule has 2 aromatic rings. The monoisotopic (exact) mass is 355 g/mol. The first-order valence-electron chi connectivity index (χ1n) is 7.62. The van der Waals surface area contributed by atoms with Gasteiger partial charge in [-0.05, 0) is 31.2 Å². The lowest BCUT2D eigenvalue weighted by Gasteiger charge is -2.33. The zero-order valence-corrected chi connectivity index (χ0v) is 14.7. The number of hydrogen-bond donors (Lipinski definition) is 2. The number of carbonyl (C=O) groups excluding carboxylic acids is 1. The molecule has 2 atom stereocenters. The molecule has 0 aromatic carbocycles. The molecule has 1 fully saturated rings. The van der Waals surface area contributed by atoms with E-state index in [-0.39, 0.29) is 30.3 Å². The SMILES string of the molecule is C[C@@H](CN)NC(=O)C1CCCN(c2ncnc3sccc23)C1.Cl.